The zero-order chi connectivity index (χ0) is 21.3. The molecule has 1 atom stereocenters. The molecule has 3 rings (SSSR count). The Kier molecular flexibility index (Phi) is 5.77. The monoisotopic (exact) mass is 397 g/mol. The first-order chi connectivity index (χ1) is 13.7. The maximum Gasteiger partial charge on any atom is 0.340 e. The van der Waals surface area contributed by atoms with Crippen molar-refractivity contribution >= 4 is 29.2 Å². The van der Waals surface area contributed by atoms with Gasteiger partial charge in [-0.15, -0.1) is 0 Å². The minimum Gasteiger partial charge on any atom is -0.452 e. The van der Waals surface area contributed by atoms with Crippen LogP contribution in [0.3, 0.4) is 0 Å². The number of rotatable bonds is 4. The molecule has 1 N–H and O–H groups in total. The van der Waals surface area contributed by atoms with Crippen molar-refractivity contribution in [3.8, 4) is 0 Å². The van der Waals surface area contributed by atoms with E-state index >= 15 is 0 Å². The summed E-state index contributed by atoms with van der Waals surface area (Å²) < 4.78 is 7.41. The summed E-state index contributed by atoms with van der Waals surface area (Å²) in [5, 5.41) is 2.81. The number of nitrogens with one attached hydrogen (secondary N) is 1. The van der Waals surface area contributed by atoms with Gasteiger partial charge in [-0.05, 0) is 52.8 Å². The van der Waals surface area contributed by atoms with Gasteiger partial charge < -0.3 is 19.5 Å². The van der Waals surface area contributed by atoms with E-state index < -0.39 is 12.6 Å². The topological polar surface area (TPSA) is 80.6 Å². The molecule has 154 valence electrons. The molecule has 0 saturated carbocycles. The number of fused-ring (bicyclic) bond motifs is 1. The Hall–Kier alpha value is -3.09. The van der Waals surface area contributed by atoms with E-state index in [1.807, 2.05) is 27.7 Å². The van der Waals surface area contributed by atoms with E-state index in [2.05, 4.69) is 9.88 Å². The maximum absolute atomic E-state index is 12.9. The first-order valence-corrected chi connectivity index (χ1v) is 9.77. The third kappa shape index (κ3) is 4.04. The zero-order valence-electron chi connectivity index (χ0n) is 17.5. The Balaban J connectivity index is 1.78. The number of nitrogens with zero attached hydrogens (tertiary/aromatic N) is 2. The van der Waals surface area contributed by atoms with E-state index in [1.54, 1.807) is 37.3 Å². The van der Waals surface area contributed by atoms with E-state index in [9.17, 15) is 14.4 Å². The second-order valence-corrected chi connectivity index (χ2v) is 7.71. The fourth-order valence-electron chi connectivity index (χ4n) is 4.02. The molecule has 2 amide bonds. The smallest absolute Gasteiger partial charge is 0.340 e. The molecule has 0 spiro atoms. The molecule has 2 aromatic rings. The molecule has 0 bridgehead atoms. The molecule has 1 aromatic heterocycles. The highest BCUT2D eigenvalue weighted by Crippen LogP contribution is 2.31. The summed E-state index contributed by atoms with van der Waals surface area (Å²) in [6.45, 7) is 9.32. The summed E-state index contributed by atoms with van der Waals surface area (Å²) in [5.41, 5.74) is 3.42. The zero-order valence-corrected chi connectivity index (χ0v) is 17.5. The number of carbonyl (C=O) groups excluding carboxylic acids is 3. The summed E-state index contributed by atoms with van der Waals surface area (Å²) in [6.07, 6.45) is 0.171. The Morgan fingerprint density at radius 3 is 2.59 bits per heavy atom. The second-order valence-electron chi connectivity index (χ2n) is 7.71. The number of amides is 2. The summed E-state index contributed by atoms with van der Waals surface area (Å²) in [5.74, 6) is -1.05. The second kappa shape index (κ2) is 8.11. The molecule has 0 fully saturated rings. The highest BCUT2D eigenvalue weighted by Gasteiger charge is 2.30. The summed E-state index contributed by atoms with van der Waals surface area (Å²) in [7, 11) is 0. The number of benzene rings is 1. The molecule has 0 unspecified atom stereocenters. The van der Waals surface area contributed by atoms with Crippen molar-refractivity contribution in [3.63, 3.8) is 0 Å². The summed E-state index contributed by atoms with van der Waals surface area (Å²) in [6, 6.07) is 8.77. The predicted molar refractivity (Wildman–Crippen MR) is 111 cm³/mol. The average molecular weight is 397 g/mol. The van der Waals surface area contributed by atoms with Gasteiger partial charge in [-0.25, -0.2) is 4.79 Å². The van der Waals surface area contributed by atoms with Crippen LogP contribution in [-0.2, 0) is 14.3 Å². The van der Waals surface area contributed by atoms with Crippen molar-refractivity contribution in [1.29, 1.82) is 0 Å². The van der Waals surface area contributed by atoms with Crippen LogP contribution in [0.1, 0.15) is 55.0 Å². The quantitative estimate of drug-likeness (QED) is 0.799. The van der Waals surface area contributed by atoms with Crippen molar-refractivity contribution in [3.05, 3.63) is 47.3 Å². The minimum atomic E-state index is -0.525. The van der Waals surface area contributed by atoms with Crippen LogP contribution in [0.25, 0.3) is 0 Å². The molecule has 0 aliphatic carbocycles. The average Bonchev–Trinajstić information content (AvgIpc) is 2.87. The Labute approximate surface area is 170 Å². The molecule has 1 aliphatic rings. The molecule has 1 aromatic carbocycles. The number of para-hydroxylation sites is 2. The van der Waals surface area contributed by atoms with Gasteiger partial charge in [0.25, 0.3) is 5.91 Å². The Morgan fingerprint density at radius 1 is 1.24 bits per heavy atom. The molecule has 7 nitrogen and oxygen atoms in total. The lowest BCUT2D eigenvalue weighted by Gasteiger charge is -2.27. The van der Waals surface area contributed by atoms with Crippen LogP contribution < -0.4 is 10.2 Å². The van der Waals surface area contributed by atoms with Crippen LogP contribution >= 0.6 is 0 Å². The van der Waals surface area contributed by atoms with Crippen molar-refractivity contribution in [2.45, 2.75) is 53.1 Å². The first kappa shape index (κ1) is 20.6. The van der Waals surface area contributed by atoms with Crippen LogP contribution in [0, 0.1) is 13.8 Å². The van der Waals surface area contributed by atoms with Crippen LogP contribution in [0.5, 0.6) is 0 Å². The molecular formula is C22H27N3O4. The summed E-state index contributed by atoms with van der Waals surface area (Å²) >= 11 is 0. The third-order valence-electron chi connectivity index (χ3n) is 5.18. The van der Waals surface area contributed by atoms with E-state index in [0.717, 1.165) is 11.4 Å². The lowest BCUT2D eigenvalue weighted by molar-refractivity contribution is -0.122. The van der Waals surface area contributed by atoms with Gasteiger partial charge in [-0.2, -0.15) is 0 Å². The molecule has 0 radical (unpaired) electrons. The minimum absolute atomic E-state index is 0.154. The number of hydrogen-bond acceptors (Lipinski definition) is 4. The van der Waals surface area contributed by atoms with Crippen LogP contribution in [-0.4, -0.2) is 35.0 Å². The molecule has 2 heterocycles. The number of aromatic nitrogens is 1. The van der Waals surface area contributed by atoms with Crippen molar-refractivity contribution in [1.82, 2.24) is 4.57 Å². The van der Waals surface area contributed by atoms with Gasteiger partial charge in [-0.1, -0.05) is 12.1 Å². The lowest BCUT2D eigenvalue weighted by Crippen LogP contribution is -2.41. The van der Waals surface area contributed by atoms with Gasteiger partial charge in [0.05, 0.1) is 16.9 Å². The number of hydrogen-bond donors (Lipinski definition) is 1. The highest BCUT2D eigenvalue weighted by molar-refractivity contribution is 6.05. The van der Waals surface area contributed by atoms with E-state index in [-0.39, 0.29) is 30.3 Å². The van der Waals surface area contributed by atoms with Crippen LogP contribution in [0.2, 0.25) is 0 Å². The number of carbonyl (C=O) groups is 3. The normalized spacial score (nSPS) is 16.3. The van der Waals surface area contributed by atoms with Gasteiger partial charge in [0.1, 0.15) is 0 Å². The molecular weight excluding hydrogens is 370 g/mol. The highest BCUT2D eigenvalue weighted by atomic mass is 16.5. The Bertz CT molecular complexity index is 961. The number of esters is 1. The van der Waals surface area contributed by atoms with E-state index in [4.69, 9.17) is 4.74 Å². The van der Waals surface area contributed by atoms with Crippen molar-refractivity contribution < 1.29 is 19.1 Å². The number of ether oxygens (including phenoxy) is 1. The van der Waals surface area contributed by atoms with E-state index in [0.29, 0.717) is 16.9 Å². The lowest BCUT2D eigenvalue weighted by atomic mass is 10.1. The molecule has 7 heteroatoms. The third-order valence-corrected chi connectivity index (χ3v) is 5.18. The molecule has 1 aliphatic heterocycles. The fourth-order valence-corrected chi connectivity index (χ4v) is 4.02. The van der Waals surface area contributed by atoms with Gasteiger partial charge in [0, 0.05) is 29.9 Å². The molecule has 0 saturated heterocycles. The maximum atomic E-state index is 12.9. The standard InChI is InChI=1S/C22H27N3O4/c1-13(2)24-14(3)10-17(16(24)5)22(28)29-12-21(27)25-15(4)11-20(26)23-18-8-6-7-9-19(18)25/h6-10,13,15H,11-12H2,1-5H3,(H,23,26)/t15-/m0/s1. The van der Waals surface area contributed by atoms with Crippen molar-refractivity contribution in [2.75, 3.05) is 16.8 Å². The predicted octanol–water partition coefficient (Wildman–Crippen LogP) is 3.61. The largest absolute Gasteiger partial charge is 0.452 e. The van der Waals surface area contributed by atoms with Crippen LogP contribution in [0.4, 0.5) is 11.4 Å². The van der Waals surface area contributed by atoms with Gasteiger partial charge in [-0.3, -0.25) is 9.59 Å². The van der Waals surface area contributed by atoms with Gasteiger partial charge >= 0.3 is 5.97 Å². The van der Waals surface area contributed by atoms with Gasteiger partial charge in [0.15, 0.2) is 6.61 Å². The fraction of sp³-hybridized carbons (Fsp3) is 0.409. The number of aryl methyl sites for hydroxylation is 1. The Morgan fingerprint density at radius 2 is 1.93 bits per heavy atom. The van der Waals surface area contributed by atoms with Gasteiger partial charge in [0.2, 0.25) is 5.91 Å². The summed E-state index contributed by atoms with van der Waals surface area (Å²) in [4.78, 5) is 39.1. The van der Waals surface area contributed by atoms with Crippen LogP contribution in [0.15, 0.2) is 30.3 Å². The first-order valence-electron chi connectivity index (χ1n) is 9.77. The van der Waals surface area contributed by atoms with Crippen molar-refractivity contribution in [2.24, 2.45) is 0 Å². The SMILES string of the molecule is Cc1cc(C(=O)OCC(=O)N2c3ccccc3NC(=O)C[C@@H]2C)c(C)n1C(C)C. The number of anilines is 2. The molecule has 29 heavy (non-hydrogen) atoms. The van der Waals surface area contributed by atoms with E-state index in [1.165, 1.54) is 4.90 Å².